The molecule has 2 rings (SSSR count). The van der Waals surface area contributed by atoms with Gasteiger partial charge in [0.2, 0.25) is 17.7 Å². The van der Waals surface area contributed by atoms with Gasteiger partial charge >= 0.3 is 0 Å². The van der Waals surface area contributed by atoms with Crippen LogP contribution in [0.3, 0.4) is 0 Å². The van der Waals surface area contributed by atoms with Crippen LogP contribution in [0.5, 0.6) is 0 Å². The van der Waals surface area contributed by atoms with Crippen molar-refractivity contribution in [3.63, 3.8) is 0 Å². The highest BCUT2D eigenvalue weighted by Gasteiger charge is 2.35. The van der Waals surface area contributed by atoms with Crippen molar-refractivity contribution < 1.29 is 14.4 Å². The van der Waals surface area contributed by atoms with Crippen LogP contribution in [-0.4, -0.2) is 47.2 Å². The highest BCUT2D eigenvalue weighted by Crippen LogP contribution is 2.19. The molecule has 1 saturated heterocycles. The molecular formula is C18H26N2O3S. The second kappa shape index (κ2) is 8.97. The second-order valence-corrected chi connectivity index (χ2v) is 7.27. The van der Waals surface area contributed by atoms with Gasteiger partial charge in [-0.3, -0.25) is 19.3 Å². The van der Waals surface area contributed by atoms with E-state index in [0.717, 1.165) is 30.6 Å². The van der Waals surface area contributed by atoms with Gasteiger partial charge in [-0.1, -0.05) is 32.8 Å². The maximum atomic E-state index is 12.6. The zero-order valence-electron chi connectivity index (χ0n) is 14.5. The minimum Gasteiger partial charge on any atom is -0.324 e. The van der Waals surface area contributed by atoms with Gasteiger partial charge < -0.3 is 4.90 Å². The van der Waals surface area contributed by atoms with E-state index in [9.17, 15) is 14.4 Å². The van der Waals surface area contributed by atoms with Crippen LogP contribution in [-0.2, 0) is 20.8 Å². The van der Waals surface area contributed by atoms with E-state index in [1.165, 1.54) is 9.80 Å². The van der Waals surface area contributed by atoms with Gasteiger partial charge in [-0.05, 0) is 30.7 Å². The molecular weight excluding hydrogens is 324 g/mol. The molecule has 1 fully saturated rings. The number of thiophene rings is 1. The summed E-state index contributed by atoms with van der Waals surface area (Å²) in [4.78, 5) is 41.2. The number of hydrogen-bond donors (Lipinski definition) is 0. The zero-order chi connectivity index (χ0) is 17.5. The summed E-state index contributed by atoms with van der Waals surface area (Å²) < 4.78 is 0. The first-order chi connectivity index (χ1) is 11.6. The van der Waals surface area contributed by atoms with E-state index in [0.29, 0.717) is 13.0 Å². The molecule has 0 radical (unpaired) electrons. The lowest BCUT2D eigenvalue weighted by Crippen LogP contribution is -2.56. The molecule has 6 heteroatoms. The summed E-state index contributed by atoms with van der Waals surface area (Å²) in [6.45, 7) is 4.55. The number of imide groups is 1. The zero-order valence-corrected chi connectivity index (χ0v) is 15.3. The summed E-state index contributed by atoms with van der Waals surface area (Å²) in [6, 6.07) is 3.96. The summed E-state index contributed by atoms with van der Waals surface area (Å²) in [7, 11) is 0. The van der Waals surface area contributed by atoms with Gasteiger partial charge in [0.25, 0.3) is 0 Å². The Bertz CT molecular complexity index is 547. The molecule has 3 amide bonds. The molecule has 1 aromatic rings. The molecule has 0 saturated carbocycles. The Morgan fingerprint density at radius 2 is 1.79 bits per heavy atom. The molecule has 0 N–H and O–H groups in total. The fourth-order valence-corrected chi connectivity index (χ4v) is 3.82. The van der Waals surface area contributed by atoms with Gasteiger partial charge in [-0.25, -0.2) is 0 Å². The van der Waals surface area contributed by atoms with Crippen LogP contribution in [0.25, 0.3) is 0 Å². The quantitative estimate of drug-likeness (QED) is 0.677. The monoisotopic (exact) mass is 350 g/mol. The molecule has 1 aliphatic rings. The lowest BCUT2D eigenvalue weighted by atomic mass is 9.96. The van der Waals surface area contributed by atoms with Crippen LogP contribution in [0.4, 0.5) is 0 Å². The number of rotatable bonds is 8. The Morgan fingerprint density at radius 3 is 2.29 bits per heavy atom. The smallest absolute Gasteiger partial charge is 0.248 e. The maximum absolute atomic E-state index is 12.6. The lowest BCUT2D eigenvalue weighted by Gasteiger charge is -2.34. The van der Waals surface area contributed by atoms with Crippen LogP contribution in [0, 0.1) is 5.92 Å². The molecule has 24 heavy (non-hydrogen) atoms. The molecule has 0 bridgehead atoms. The standard InChI is InChI=1S/C18H26N2O3S/c1-3-6-14(7-4-2)18(23)19-12-16(21)20(17(22)13-19)10-9-15-8-5-11-24-15/h5,8,11,14H,3-4,6-7,9-10,12-13H2,1-2H3. The van der Waals surface area contributed by atoms with E-state index >= 15 is 0 Å². The summed E-state index contributed by atoms with van der Waals surface area (Å²) in [5, 5.41) is 1.98. The Hall–Kier alpha value is -1.69. The van der Waals surface area contributed by atoms with E-state index in [4.69, 9.17) is 0 Å². The van der Waals surface area contributed by atoms with Crippen molar-refractivity contribution >= 4 is 29.1 Å². The first-order valence-corrected chi connectivity index (χ1v) is 9.59. The molecule has 132 valence electrons. The van der Waals surface area contributed by atoms with Crippen molar-refractivity contribution in [1.29, 1.82) is 0 Å². The molecule has 0 aliphatic carbocycles. The average molecular weight is 350 g/mol. The molecule has 0 aromatic carbocycles. The van der Waals surface area contributed by atoms with E-state index in [1.807, 2.05) is 17.5 Å². The number of piperazine rings is 1. The topological polar surface area (TPSA) is 57.7 Å². The van der Waals surface area contributed by atoms with Gasteiger partial charge in [0, 0.05) is 17.3 Å². The van der Waals surface area contributed by atoms with Crippen molar-refractivity contribution in [2.24, 2.45) is 5.92 Å². The van der Waals surface area contributed by atoms with E-state index in [-0.39, 0.29) is 36.7 Å². The van der Waals surface area contributed by atoms with Gasteiger partial charge in [0.15, 0.2) is 0 Å². The number of carbonyl (C=O) groups is 3. The van der Waals surface area contributed by atoms with Crippen molar-refractivity contribution in [1.82, 2.24) is 9.80 Å². The third kappa shape index (κ3) is 4.66. The van der Waals surface area contributed by atoms with Crippen LogP contribution in [0.1, 0.15) is 44.4 Å². The maximum Gasteiger partial charge on any atom is 0.248 e. The molecule has 0 atom stereocenters. The van der Waals surface area contributed by atoms with E-state index in [2.05, 4.69) is 13.8 Å². The predicted octanol–water partition coefficient (Wildman–Crippen LogP) is 2.70. The molecule has 0 spiro atoms. The minimum atomic E-state index is -0.261. The fraction of sp³-hybridized carbons (Fsp3) is 0.611. The summed E-state index contributed by atoms with van der Waals surface area (Å²) >= 11 is 1.62. The van der Waals surface area contributed by atoms with Gasteiger partial charge in [0.05, 0.1) is 0 Å². The lowest BCUT2D eigenvalue weighted by molar-refractivity contribution is -0.158. The first kappa shape index (κ1) is 18.6. The Labute approximate surface area is 147 Å². The first-order valence-electron chi connectivity index (χ1n) is 8.71. The summed E-state index contributed by atoms with van der Waals surface area (Å²) in [6.07, 6.45) is 4.16. The number of amides is 3. The Kier molecular flexibility index (Phi) is 6.97. The highest BCUT2D eigenvalue weighted by atomic mass is 32.1. The molecule has 1 aromatic heterocycles. The van der Waals surface area contributed by atoms with Crippen LogP contribution >= 0.6 is 11.3 Å². The molecule has 1 aliphatic heterocycles. The van der Waals surface area contributed by atoms with Crippen LogP contribution in [0.15, 0.2) is 17.5 Å². The summed E-state index contributed by atoms with van der Waals surface area (Å²) in [5.41, 5.74) is 0. The molecule has 0 unspecified atom stereocenters. The third-order valence-electron chi connectivity index (χ3n) is 4.35. The Balaban J connectivity index is 1.94. The van der Waals surface area contributed by atoms with E-state index in [1.54, 1.807) is 11.3 Å². The number of hydrogen-bond acceptors (Lipinski definition) is 4. The van der Waals surface area contributed by atoms with Crippen LogP contribution < -0.4 is 0 Å². The predicted molar refractivity (Wildman–Crippen MR) is 94.6 cm³/mol. The van der Waals surface area contributed by atoms with Crippen LogP contribution in [0.2, 0.25) is 0 Å². The van der Waals surface area contributed by atoms with E-state index < -0.39 is 0 Å². The second-order valence-electron chi connectivity index (χ2n) is 6.24. The fourth-order valence-electron chi connectivity index (χ4n) is 3.12. The number of nitrogens with zero attached hydrogens (tertiary/aromatic N) is 2. The molecule has 2 heterocycles. The normalized spacial score (nSPS) is 15.5. The van der Waals surface area contributed by atoms with Crippen molar-refractivity contribution in [2.75, 3.05) is 19.6 Å². The summed E-state index contributed by atoms with van der Waals surface area (Å²) in [5.74, 6) is -0.637. The average Bonchev–Trinajstić information content (AvgIpc) is 3.06. The highest BCUT2D eigenvalue weighted by molar-refractivity contribution is 7.09. The van der Waals surface area contributed by atoms with Crippen molar-refractivity contribution in [2.45, 2.75) is 46.0 Å². The largest absolute Gasteiger partial charge is 0.324 e. The SMILES string of the molecule is CCCC(CCC)C(=O)N1CC(=O)N(CCc2cccs2)C(=O)C1. The molecule has 5 nitrogen and oxygen atoms in total. The van der Waals surface area contributed by atoms with Gasteiger partial charge in [0.1, 0.15) is 13.1 Å². The third-order valence-corrected chi connectivity index (χ3v) is 5.29. The van der Waals surface area contributed by atoms with Gasteiger partial charge in [-0.2, -0.15) is 0 Å². The van der Waals surface area contributed by atoms with Crippen molar-refractivity contribution in [3.05, 3.63) is 22.4 Å². The Morgan fingerprint density at radius 1 is 1.17 bits per heavy atom. The minimum absolute atomic E-state index is 0.0267. The van der Waals surface area contributed by atoms with Gasteiger partial charge in [-0.15, -0.1) is 11.3 Å². The number of carbonyl (C=O) groups excluding carboxylic acids is 3. The van der Waals surface area contributed by atoms with Crippen molar-refractivity contribution in [3.8, 4) is 0 Å².